The Hall–Kier alpha value is -1.86. The van der Waals surface area contributed by atoms with Crippen LogP contribution in [0.5, 0.6) is 5.75 Å². The van der Waals surface area contributed by atoms with Crippen LogP contribution in [0, 0.1) is 0 Å². The zero-order valence-corrected chi connectivity index (χ0v) is 18.1. The second-order valence-corrected chi connectivity index (χ2v) is 7.68. The van der Waals surface area contributed by atoms with E-state index in [-0.39, 0.29) is 25.6 Å². The summed E-state index contributed by atoms with van der Waals surface area (Å²) in [5.41, 5.74) is 0.438. The van der Waals surface area contributed by atoms with Crippen molar-refractivity contribution in [1.29, 1.82) is 0 Å². The average Bonchev–Trinajstić information content (AvgIpc) is 2.62. The summed E-state index contributed by atoms with van der Waals surface area (Å²) < 4.78 is 10.6. The molecule has 0 aliphatic rings. The molecule has 28 heavy (non-hydrogen) atoms. The molecule has 0 radical (unpaired) electrons. The molecule has 0 spiro atoms. The molecule has 0 heterocycles. The summed E-state index contributed by atoms with van der Waals surface area (Å²) in [4.78, 5) is 25.4. The maximum Gasteiger partial charge on any atom is 0.407 e. The van der Waals surface area contributed by atoms with Crippen molar-refractivity contribution in [1.82, 2.24) is 10.6 Å². The van der Waals surface area contributed by atoms with E-state index in [0.29, 0.717) is 30.6 Å². The lowest BCUT2D eigenvalue weighted by Gasteiger charge is -2.23. The third-order valence-corrected chi connectivity index (χ3v) is 3.73. The number of amides is 2. The smallest absolute Gasteiger partial charge is 0.407 e. The van der Waals surface area contributed by atoms with Gasteiger partial charge in [0, 0.05) is 43.6 Å². The minimum atomic E-state index is -0.554. The Labute approximate surface area is 176 Å². The van der Waals surface area contributed by atoms with Crippen LogP contribution in [0.3, 0.4) is 0 Å². The molecule has 158 valence electrons. The molecule has 2 amide bonds. The lowest BCUT2D eigenvalue weighted by atomic mass is 10.2. The van der Waals surface area contributed by atoms with Crippen molar-refractivity contribution >= 4 is 40.9 Å². The van der Waals surface area contributed by atoms with E-state index in [1.165, 1.54) is 0 Å². The molecule has 1 aromatic rings. The zero-order chi connectivity index (χ0) is 21.0. The fourth-order valence-electron chi connectivity index (χ4n) is 2.21. The van der Waals surface area contributed by atoms with Crippen LogP contribution < -0.4 is 20.3 Å². The SMILES string of the molecule is CC(C)(C)OC(=O)NCCNC(=O)COc1ccc(N(CCCl)CCCl)cc1. The molecule has 2 N–H and O–H groups in total. The summed E-state index contributed by atoms with van der Waals surface area (Å²) in [6.45, 7) is 7.20. The molecule has 7 nitrogen and oxygen atoms in total. The van der Waals surface area contributed by atoms with Gasteiger partial charge in [-0.1, -0.05) is 0 Å². The molecule has 0 saturated heterocycles. The van der Waals surface area contributed by atoms with Crippen LogP contribution in [0.25, 0.3) is 0 Å². The number of carbonyl (C=O) groups excluding carboxylic acids is 2. The first-order valence-electron chi connectivity index (χ1n) is 9.08. The van der Waals surface area contributed by atoms with E-state index in [4.69, 9.17) is 32.7 Å². The maximum atomic E-state index is 11.8. The lowest BCUT2D eigenvalue weighted by Crippen LogP contribution is -2.39. The van der Waals surface area contributed by atoms with Crippen molar-refractivity contribution in [2.45, 2.75) is 26.4 Å². The number of ether oxygens (including phenoxy) is 2. The van der Waals surface area contributed by atoms with Crippen molar-refractivity contribution in [3.8, 4) is 5.75 Å². The molecule has 0 unspecified atom stereocenters. The highest BCUT2D eigenvalue weighted by molar-refractivity contribution is 6.18. The molecule has 1 rings (SSSR count). The summed E-state index contributed by atoms with van der Waals surface area (Å²) in [6, 6.07) is 7.39. The Morgan fingerprint density at radius 1 is 1.00 bits per heavy atom. The Kier molecular flexibility index (Phi) is 10.9. The number of anilines is 1. The van der Waals surface area contributed by atoms with E-state index in [2.05, 4.69) is 15.5 Å². The zero-order valence-electron chi connectivity index (χ0n) is 16.6. The molecular formula is C19H29Cl2N3O4. The number of halogens is 2. The second kappa shape index (κ2) is 12.6. The normalized spacial score (nSPS) is 10.9. The fourth-order valence-corrected chi connectivity index (χ4v) is 2.62. The van der Waals surface area contributed by atoms with Gasteiger partial charge in [0.05, 0.1) is 0 Å². The summed E-state index contributed by atoms with van der Waals surface area (Å²) in [5, 5.41) is 5.23. The fraction of sp³-hybridized carbons (Fsp3) is 0.579. The van der Waals surface area contributed by atoms with E-state index in [1.807, 2.05) is 12.1 Å². The standard InChI is InChI=1S/C19H29Cl2N3O4/c1-19(2,3)28-18(26)23-11-10-22-17(25)14-27-16-6-4-15(5-7-16)24(12-8-20)13-9-21/h4-7H,8-14H2,1-3H3,(H,22,25)(H,23,26). The van der Waals surface area contributed by atoms with Crippen molar-refractivity contribution in [3.05, 3.63) is 24.3 Å². The number of carbonyl (C=O) groups is 2. The monoisotopic (exact) mass is 433 g/mol. The molecule has 0 aliphatic heterocycles. The predicted molar refractivity (Wildman–Crippen MR) is 113 cm³/mol. The molecule has 0 aliphatic carbocycles. The van der Waals surface area contributed by atoms with Crippen LogP contribution in [-0.4, -0.2) is 62.1 Å². The highest BCUT2D eigenvalue weighted by atomic mass is 35.5. The van der Waals surface area contributed by atoms with Crippen molar-refractivity contribution in [3.63, 3.8) is 0 Å². The summed E-state index contributed by atoms with van der Waals surface area (Å²) in [7, 11) is 0. The Balaban J connectivity index is 2.30. The van der Waals surface area contributed by atoms with Gasteiger partial charge in [0.2, 0.25) is 0 Å². The molecule has 0 fully saturated rings. The minimum absolute atomic E-state index is 0.112. The van der Waals surface area contributed by atoms with E-state index in [9.17, 15) is 9.59 Å². The quantitative estimate of drug-likeness (QED) is 0.414. The van der Waals surface area contributed by atoms with E-state index < -0.39 is 11.7 Å². The van der Waals surface area contributed by atoms with Crippen LogP contribution in [0.4, 0.5) is 10.5 Å². The van der Waals surface area contributed by atoms with Gasteiger partial charge in [-0.2, -0.15) is 0 Å². The first-order chi connectivity index (χ1) is 13.2. The van der Waals surface area contributed by atoms with Gasteiger partial charge in [-0.3, -0.25) is 4.79 Å². The maximum absolute atomic E-state index is 11.8. The Morgan fingerprint density at radius 2 is 1.57 bits per heavy atom. The number of alkyl halides is 2. The predicted octanol–water partition coefficient (Wildman–Crippen LogP) is 2.99. The molecule has 0 atom stereocenters. The van der Waals surface area contributed by atoms with Crippen LogP contribution in [-0.2, 0) is 9.53 Å². The number of nitrogens with one attached hydrogen (secondary N) is 2. The summed E-state index contributed by atoms with van der Waals surface area (Å²) in [5.74, 6) is 1.33. The number of nitrogens with zero attached hydrogens (tertiary/aromatic N) is 1. The van der Waals surface area contributed by atoms with Gasteiger partial charge in [-0.25, -0.2) is 4.79 Å². The second-order valence-electron chi connectivity index (χ2n) is 6.93. The van der Waals surface area contributed by atoms with Gasteiger partial charge in [0.15, 0.2) is 6.61 Å². The van der Waals surface area contributed by atoms with Crippen LogP contribution >= 0.6 is 23.2 Å². The van der Waals surface area contributed by atoms with Gasteiger partial charge in [0.25, 0.3) is 5.91 Å². The number of alkyl carbamates (subject to hydrolysis) is 1. The topological polar surface area (TPSA) is 79.9 Å². The number of rotatable bonds is 11. The van der Waals surface area contributed by atoms with Crippen LogP contribution in [0.1, 0.15) is 20.8 Å². The highest BCUT2D eigenvalue weighted by Gasteiger charge is 2.15. The van der Waals surface area contributed by atoms with Crippen molar-refractivity contribution < 1.29 is 19.1 Å². The number of benzene rings is 1. The average molecular weight is 434 g/mol. The van der Waals surface area contributed by atoms with Gasteiger partial charge in [-0.05, 0) is 45.0 Å². The van der Waals surface area contributed by atoms with Crippen LogP contribution in [0.2, 0.25) is 0 Å². The van der Waals surface area contributed by atoms with E-state index in [1.54, 1.807) is 32.9 Å². The molecule has 9 heteroatoms. The van der Waals surface area contributed by atoms with Crippen molar-refractivity contribution in [2.24, 2.45) is 0 Å². The van der Waals surface area contributed by atoms with Gasteiger partial charge in [-0.15, -0.1) is 23.2 Å². The van der Waals surface area contributed by atoms with Gasteiger partial charge in [0.1, 0.15) is 11.4 Å². The van der Waals surface area contributed by atoms with E-state index in [0.717, 1.165) is 5.69 Å². The Morgan fingerprint density at radius 3 is 2.11 bits per heavy atom. The molecule has 0 aromatic heterocycles. The van der Waals surface area contributed by atoms with Crippen molar-refractivity contribution in [2.75, 3.05) is 49.4 Å². The van der Waals surface area contributed by atoms with Crippen LogP contribution in [0.15, 0.2) is 24.3 Å². The lowest BCUT2D eigenvalue weighted by molar-refractivity contribution is -0.123. The third-order valence-electron chi connectivity index (χ3n) is 3.40. The molecule has 0 bridgehead atoms. The van der Waals surface area contributed by atoms with E-state index >= 15 is 0 Å². The number of hydrogen-bond donors (Lipinski definition) is 2. The first kappa shape index (κ1) is 24.2. The summed E-state index contributed by atoms with van der Waals surface area (Å²) in [6.07, 6.45) is -0.518. The molecule has 0 saturated carbocycles. The highest BCUT2D eigenvalue weighted by Crippen LogP contribution is 2.19. The number of hydrogen-bond acceptors (Lipinski definition) is 5. The Bertz CT molecular complexity index is 600. The largest absolute Gasteiger partial charge is 0.484 e. The van der Waals surface area contributed by atoms with Gasteiger partial charge < -0.3 is 25.0 Å². The third kappa shape index (κ3) is 10.5. The summed E-state index contributed by atoms with van der Waals surface area (Å²) >= 11 is 11.6. The molecular weight excluding hydrogens is 405 g/mol. The minimum Gasteiger partial charge on any atom is -0.484 e. The molecule has 1 aromatic carbocycles. The first-order valence-corrected chi connectivity index (χ1v) is 10.2. The van der Waals surface area contributed by atoms with Gasteiger partial charge >= 0.3 is 6.09 Å².